The molecule has 1 atom stereocenters. The van der Waals surface area contributed by atoms with Crippen LogP contribution < -0.4 is 5.73 Å². The number of aryl methyl sites for hydroxylation is 1. The number of carboxylic acid groups (broad SMARTS) is 1. The van der Waals surface area contributed by atoms with Crippen LogP contribution in [0.4, 0.5) is 0 Å². The van der Waals surface area contributed by atoms with Crippen LogP contribution in [-0.4, -0.2) is 42.6 Å². The zero-order valence-electron chi connectivity index (χ0n) is 11.1. The third-order valence-electron chi connectivity index (χ3n) is 3.07. The fourth-order valence-electron chi connectivity index (χ4n) is 2.05. The number of para-hydroxylation sites is 2. The summed E-state index contributed by atoms with van der Waals surface area (Å²) in [4.78, 5) is 33.2. The number of imidazole rings is 1. The van der Waals surface area contributed by atoms with E-state index in [0.29, 0.717) is 16.9 Å². The topological polar surface area (TPSA) is 139 Å². The lowest BCUT2D eigenvalue weighted by atomic mass is 10.2. The molecule has 1 aromatic carbocycles. The van der Waals surface area contributed by atoms with E-state index in [1.807, 2.05) is 0 Å². The van der Waals surface area contributed by atoms with Crippen molar-refractivity contribution < 1.29 is 24.3 Å². The number of hydrogen-bond donors (Lipinski definition) is 4. The van der Waals surface area contributed by atoms with Gasteiger partial charge in [0.25, 0.3) is 0 Å². The standard InChI is InChI=1S/C12H16N3O5P/c13-8(12(16)17)7-11-14-9-3-1-2-4-10(9)15(11)5-6-21(18,19)20/h1-4,8H,5-7,13H2,(H,16,17)(H2,18,19,20)/t8-/m1/s1. The van der Waals surface area contributed by atoms with Gasteiger partial charge < -0.3 is 25.2 Å². The lowest BCUT2D eigenvalue weighted by Crippen LogP contribution is -2.33. The van der Waals surface area contributed by atoms with E-state index in [4.69, 9.17) is 20.6 Å². The molecule has 2 rings (SSSR count). The summed E-state index contributed by atoms with van der Waals surface area (Å²) in [5, 5.41) is 8.88. The van der Waals surface area contributed by atoms with Crippen LogP contribution in [0.1, 0.15) is 5.82 Å². The van der Waals surface area contributed by atoms with Crippen LogP contribution in [0, 0.1) is 0 Å². The maximum Gasteiger partial charge on any atom is 0.327 e. The summed E-state index contributed by atoms with van der Waals surface area (Å²) in [7, 11) is -4.15. The number of aliphatic carboxylic acids is 1. The van der Waals surface area contributed by atoms with Gasteiger partial charge in [-0.25, -0.2) is 4.98 Å². The highest BCUT2D eigenvalue weighted by atomic mass is 31.2. The van der Waals surface area contributed by atoms with Crippen molar-refractivity contribution in [3.8, 4) is 0 Å². The third-order valence-corrected chi connectivity index (χ3v) is 3.85. The molecule has 0 saturated carbocycles. The molecule has 0 aliphatic carbocycles. The Morgan fingerprint density at radius 2 is 2.05 bits per heavy atom. The molecule has 5 N–H and O–H groups in total. The van der Waals surface area contributed by atoms with E-state index < -0.39 is 19.6 Å². The van der Waals surface area contributed by atoms with Crippen molar-refractivity contribution in [1.82, 2.24) is 9.55 Å². The van der Waals surface area contributed by atoms with E-state index in [0.717, 1.165) is 0 Å². The summed E-state index contributed by atoms with van der Waals surface area (Å²) in [5.41, 5.74) is 6.84. The summed E-state index contributed by atoms with van der Waals surface area (Å²) in [6.45, 7) is 0.0481. The molecule has 0 fully saturated rings. The van der Waals surface area contributed by atoms with Crippen LogP contribution in [0.25, 0.3) is 11.0 Å². The second-order valence-corrected chi connectivity index (χ2v) is 6.48. The van der Waals surface area contributed by atoms with Crippen LogP contribution >= 0.6 is 7.60 Å². The summed E-state index contributed by atoms with van der Waals surface area (Å²) in [5.74, 6) is -0.747. The van der Waals surface area contributed by atoms with Gasteiger partial charge in [-0.3, -0.25) is 9.36 Å². The first kappa shape index (κ1) is 15.7. The predicted molar refractivity (Wildman–Crippen MR) is 76.0 cm³/mol. The molecule has 114 valence electrons. The number of carboxylic acids is 1. The minimum atomic E-state index is -4.15. The minimum Gasteiger partial charge on any atom is -0.480 e. The fraction of sp³-hybridized carbons (Fsp3) is 0.333. The second kappa shape index (κ2) is 5.95. The van der Waals surface area contributed by atoms with Crippen molar-refractivity contribution in [2.45, 2.75) is 19.0 Å². The highest BCUT2D eigenvalue weighted by Gasteiger charge is 2.20. The Morgan fingerprint density at radius 1 is 1.38 bits per heavy atom. The lowest BCUT2D eigenvalue weighted by Gasteiger charge is -2.11. The van der Waals surface area contributed by atoms with Gasteiger partial charge in [-0.2, -0.15) is 0 Å². The van der Waals surface area contributed by atoms with Gasteiger partial charge >= 0.3 is 13.6 Å². The molecule has 8 nitrogen and oxygen atoms in total. The van der Waals surface area contributed by atoms with E-state index in [2.05, 4.69) is 4.98 Å². The van der Waals surface area contributed by atoms with Crippen molar-refractivity contribution >= 4 is 24.6 Å². The van der Waals surface area contributed by atoms with Gasteiger partial charge in [-0.15, -0.1) is 0 Å². The van der Waals surface area contributed by atoms with Crippen LogP contribution in [0.15, 0.2) is 24.3 Å². The van der Waals surface area contributed by atoms with E-state index in [1.54, 1.807) is 28.8 Å². The molecular weight excluding hydrogens is 297 g/mol. The maximum absolute atomic E-state index is 11.0. The summed E-state index contributed by atoms with van der Waals surface area (Å²) in [6, 6.07) is 5.95. The number of benzene rings is 1. The van der Waals surface area contributed by atoms with Crippen molar-refractivity contribution in [2.75, 3.05) is 6.16 Å². The van der Waals surface area contributed by atoms with Gasteiger partial charge in [0.2, 0.25) is 0 Å². The molecule has 0 saturated heterocycles. The Hall–Kier alpha value is -1.73. The smallest absolute Gasteiger partial charge is 0.327 e. The van der Waals surface area contributed by atoms with Crippen molar-refractivity contribution in [1.29, 1.82) is 0 Å². The quantitative estimate of drug-likeness (QED) is 0.557. The van der Waals surface area contributed by atoms with Crippen LogP contribution in [0.2, 0.25) is 0 Å². The van der Waals surface area contributed by atoms with Crippen molar-refractivity contribution in [2.24, 2.45) is 5.73 Å². The molecule has 1 aromatic heterocycles. The van der Waals surface area contributed by atoms with Crippen LogP contribution in [-0.2, 0) is 22.3 Å². The summed E-state index contributed by atoms with van der Waals surface area (Å²) in [6.07, 6.45) is -0.353. The highest BCUT2D eigenvalue weighted by molar-refractivity contribution is 7.51. The molecule has 0 spiro atoms. The molecule has 0 aliphatic rings. The number of hydrogen-bond acceptors (Lipinski definition) is 4. The minimum absolute atomic E-state index is 0.00876. The molecule has 0 radical (unpaired) electrons. The van der Waals surface area contributed by atoms with Gasteiger partial charge in [0, 0.05) is 13.0 Å². The summed E-state index contributed by atoms with van der Waals surface area (Å²) >= 11 is 0. The number of rotatable bonds is 6. The first-order chi connectivity index (χ1) is 9.78. The first-order valence-corrected chi connectivity index (χ1v) is 8.05. The van der Waals surface area contributed by atoms with Gasteiger partial charge in [0.1, 0.15) is 11.9 Å². The van der Waals surface area contributed by atoms with E-state index >= 15 is 0 Å². The second-order valence-electron chi connectivity index (χ2n) is 4.71. The van der Waals surface area contributed by atoms with Crippen LogP contribution in [0.3, 0.4) is 0 Å². The lowest BCUT2D eigenvalue weighted by molar-refractivity contribution is -0.138. The molecule has 1 heterocycles. The molecule has 21 heavy (non-hydrogen) atoms. The summed E-state index contributed by atoms with van der Waals surface area (Å²) < 4.78 is 12.7. The number of fused-ring (bicyclic) bond motifs is 1. The zero-order valence-corrected chi connectivity index (χ0v) is 12.0. The number of nitrogens with two attached hydrogens (primary N) is 1. The Kier molecular flexibility index (Phi) is 4.43. The highest BCUT2D eigenvalue weighted by Crippen LogP contribution is 2.34. The molecule has 0 amide bonds. The number of carbonyl (C=O) groups is 1. The Morgan fingerprint density at radius 3 is 2.67 bits per heavy atom. The van der Waals surface area contributed by atoms with Crippen molar-refractivity contribution in [3.63, 3.8) is 0 Å². The van der Waals surface area contributed by atoms with Gasteiger partial charge in [0.05, 0.1) is 17.2 Å². The van der Waals surface area contributed by atoms with Gasteiger partial charge in [0.15, 0.2) is 0 Å². The third kappa shape index (κ3) is 3.89. The Balaban J connectivity index is 2.38. The van der Waals surface area contributed by atoms with Gasteiger partial charge in [-0.05, 0) is 12.1 Å². The maximum atomic E-state index is 11.0. The molecule has 2 aromatic rings. The van der Waals surface area contributed by atoms with E-state index in [-0.39, 0.29) is 19.1 Å². The monoisotopic (exact) mass is 313 g/mol. The van der Waals surface area contributed by atoms with Crippen LogP contribution in [0.5, 0.6) is 0 Å². The largest absolute Gasteiger partial charge is 0.480 e. The average Bonchev–Trinajstić information content (AvgIpc) is 2.72. The number of nitrogens with zero attached hydrogens (tertiary/aromatic N) is 2. The molecule has 0 bridgehead atoms. The normalized spacial score (nSPS) is 13.5. The molecule has 0 unspecified atom stereocenters. The first-order valence-electron chi connectivity index (χ1n) is 6.25. The van der Waals surface area contributed by atoms with Crippen molar-refractivity contribution in [3.05, 3.63) is 30.1 Å². The molecule has 0 aliphatic heterocycles. The average molecular weight is 313 g/mol. The SMILES string of the molecule is N[C@H](Cc1nc2ccccc2n1CCP(=O)(O)O)C(=O)O. The zero-order chi connectivity index (χ0) is 15.6. The predicted octanol–water partition coefficient (Wildman–Crippen LogP) is 0.168. The Labute approximate surface area is 120 Å². The van der Waals surface area contributed by atoms with Gasteiger partial charge in [-0.1, -0.05) is 12.1 Å². The number of aromatic nitrogens is 2. The van der Waals surface area contributed by atoms with E-state index in [9.17, 15) is 9.36 Å². The Bertz CT molecular complexity index is 708. The molecule has 9 heteroatoms. The molecular formula is C12H16N3O5P. The van der Waals surface area contributed by atoms with E-state index in [1.165, 1.54) is 0 Å². The fourth-order valence-corrected chi connectivity index (χ4v) is 2.51.